The van der Waals surface area contributed by atoms with Crippen molar-refractivity contribution >= 4 is 11.8 Å². The van der Waals surface area contributed by atoms with Crippen LogP contribution in [0, 0.1) is 17.8 Å². The van der Waals surface area contributed by atoms with E-state index in [1.165, 1.54) is 26.3 Å². The molecule has 1 aliphatic heterocycles. The van der Waals surface area contributed by atoms with E-state index in [-0.39, 0.29) is 17.9 Å². The number of hydrogen-bond donors (Lipinski definition) is 2. The molecular formula is C17H31N3O2. The summed E-state index contributed by atoms with van der Waals surface area (Å²) < 4.78 is 0. The highest BCUT2D eigenvalue weighted by atomic mass is 16.2. The Morgan fingerprint density at radius 2 is 1.95 bits per heavy atom. The topological polar surface area (TPSA) is 61.4 Å². The number of amides is 2. The smallest absolute Gasteiger partial charge is 0.220 e. The number of hydrogen-bond acceptors (Lipinski definition) is 3. The van der Waals surface area contributed by atoms with Crippen LogP contribution in [0.5, 0.6) is 0 Å². The number of likely N-dealkylation sites (tertiary alicyclic amines) is 1. The van der Waals surface area contributed by atoms with Crippen molar-refractivity contribution in [3.63, 3.8) is 0 Å². The lowest BCUT2D eigenvalue weighted by molar-refractivity contribution is -0.123. The van der Waals surface area contributed by atoms with Crippen LogP contribution in [0.25, 0.3) is 0 Å². The van der Waals surface area contributed by atoms with Crippen LogP contribution in [0.4, 0.5) is 0 Å². The summed E-state index contributed by atoms with van der Waals surface area (Å²) in [6.45, 7) is 9.90. The highest BCUT2D eigenvalue weighted by Crippen LogP contribution is 2.33. The van der Waals surface area contributed by atoms with E-state index in [0.717, 1.165) is 19.0 Å². The molecule has 5 nitrogen and oxygen atoms in total. The second kappa shape index (κ2) is 7.95. The van der Waals surface area contributed by atoms with Crippen molar-refractivity contribution < 1.29 is 9.59 Å². The molecule has 0 aromatic rings. The molecule has 5 heteroatoms. The Morgan fingerprint density at radius 1 is 1.23 bits per heavy atom. The second-order valence-electron chi connectivity index (χ2n) is 7.33. The van der Waals surface area contributed by atoms with Gasteiger partial charge in [-0.2, -0.15) is 0 Å². The molecule has 2 aliphatic rings. The van der Waals surface area contributed by atoms with Gasteiger partial charge in [-0.3, -0.25) is 9.59 Å². The Kier molecular flexibility index (Phi) is 6.24. The number of rotatable bonds is 8. The highest BCUT2D eigenvalue weighted by molar-refractivity contribution is 5.76. The second-order valence-corrected chi connectivity index (χ2v) is 7.33. The first-order valence-electron chi connectivity index (χ1n) is 8.72. The van der Waals surface area contributed by atoms with E-state index in [2.05, 4.69) is 29.4 Å². The van der Waals surface area contributed by atoms with Crippen molar-refractivity contribution in [2.45, 2.75) is 52.5 Å². The van der Waals surface area contributed by atoms with Gasteiger partial charge in [0, 0.05) is 45.6 Å². The van der Waals surface area contributed by atoms with Gasteiger partial charge in [-0.15, -0.1) is 0 Å². The molecule has 2 atom stereocenters. The summed E-state index contributed by atoms with van der Waals surface area (Å²) in [6, 6.07) is 0.284. The molecule has 2 fully saturated rings. The van der Waals surface area contributed by atoms with E-state index in [1.54, 1.807) is 0 Å². The summed E-state index contributed by atoms with van der Waals surface area (Å²) in [6.07, 6.45) is 3.95. The summed E-state index contributed by atoms with van der Waals surface area (Å²) in [7, 11) is 0. The third-order valence-electron chi connectivity index (χ3n) is 4.81. The molecule has 0 spiro atoms. The van der Waals surface area contributed by atoms with Crippen molar-refractivity contribution in [1.82, 2.24) is 15.5 Å². The molecule has 22 heavy (non-hydrogen) atoms. The third kappa shape index (κ3) is 5.59. The molecule has 0 aromatic heterocycles. The van der Waals surface area contributed by atoms with Gasteiger partial charge in [0.05, 0.1) is 0 Å². The first-order valence-corrected chi connectivity index (χ1v) is 8.72. The Balaban J connectivity index is 1.73. The van der Waals surface area contributed by atoms with Gasteiger partial charge in [0.15, 0.2) is 0 Å². The molecular weight excluding hydrogens is 278 g/mol. The zero-order valence-corrected chi connectivity index (χ0v) is 14.2. The molecule has 0 radical (unpaired) electrons. The molecule has 1 aliphatic carbocycles. The number of nitrogens with one attached hydrogen (secondary N) is 2. The Morgan fingerprint density at radius 3 is 2.55 bits per heavy atom. The zero-order chi connectivity index (χ0) is 16.1. The van der Waals surface area contributed by atoms with Crippen LogP contribution in [0.15, 0.2) is 0 Å². The normalized spacial score (nSPS) is 25.5. The number of carbonyl (C=O) groups is 2. The van der Waals surface area contributed by atoms with Gasteiger partial charge < -0.3 is 15.5 Å². The fourth-order valence-electron chi connectivity index (χ4n) is 3.35. The summed E-state index contributed by atoms with van der Waals surface area (Å²) in [4.78, 5) is 25.4. The molecule has 0 bridgehead atoms. The van der Waals surface area contributed by atoms with Gasteiger partial charge in [-0.1, -0.05) is 13.8 Å². The van der Waals surface area contributed by atoms with Crippen molar-refractivity contribution in [3.8, 4) is 0 Å². The van der Waals surface area contributed by atoms with E-state index in [9.17, 15) is 9.59 Å². The summed E-state index contributed by atoms with van der Waals surface area (Å²) in [5.74, 6) is 2.13. The SMILES string of the molecule is CC(=O)NCCCC(=O)N[C@@H]1CN(CC2CC2)C[C@H]1C(C)C. The first kappa shape index (κ1) is 17.3. The van der Waals surface area contributed by atoms with Crippen LogP contribution in [0.1, 0.15) is 46.5 Å². The minimum absolute atomic E-state index is 0.0354. The standard InChI is InChI=1S/C17H31N3O2/c1-12(2)15-10-20(9-14-6-7-14)11-16(15)19-17(22)5-4-8-18-13(3)21/h12,14-16H,4-11H2,1-3H3,(H,18,21)(H,19,22)/t15-,16+/m0/s1. The lowest BCUT2D eigenvalue weighted by Crippen LogP contribution is -2.42. The largest absolute Gasteiger partial charge is 0.356 e. The average Bonchev–Trinajstić information content (AvgIpc) is 3.14. The van der Waals surface area contributed by atoms with Gasteiger partial charge in [0.25, 0.3) is 0 Å². The van der Waals surface area contributed by atoms with Crippen LogP contribution in [-0.4, -0.2) is 48.9 Å². The predicted molar refractivity (Wildman–Crippen MR) is 87.3 cm³/mol. The fraction of sp³-hybridized carbons (Fsp3) is 0.882. The van der Waals surface area contributed by atoms with E-state index >= 15 is 0 Å². The van der Waals surface area contributed by atoms with Gasteiger partial charge in [0.2, 0.25) is 11.8 Å². The van der Waals surface area contributed by atoms with E-state index < -0.39 is 0 Å². The van der Waals surface area contributed by atoms with E-state index in [4.69, 9.17) is 0 Å². The van der Waals surface area contributed by atoms with Crippen molar-refractivity contribution in [2.75, 3.05) is 26.2 Å². The average molecular weight is 309 g/mol. The van der Waals surface area contributed by atoms with Gasteiger partial charge in [-0.05, 0) is 37.0 Å². The summed E-state index contributed by atoms with van der Waals surface area (Å²) >= 11 is 0. The number of carbonyl (C=O) groups excluding carboxylic acids is 2. The Labute approximate surface area is 134 Å². The molecule has 2 amide bonds. The molecule has 126 valence electrons. The van der Waals surface area contributed by atoms with Crippen molar-refractivity contribution in [3.05, 3.63) is 0 Å². The van der Waals surface area contributed by atoms with Crippen LogP contribution in [0.3, 0.4) is 0 Å². The molecule has 2 rings (SSSR count). The van der Waals surface area contributed by atoms with Gasteiger partial charge >= 0.3 is 0 Å². The minimum atomic E-state index is -0.0354. The minimum Gasteiger partial charge on any atom is -0.356 e. The molecule has 1 heterocycles. The molecule has 2 N–H and O–H groups in total. The Hall–Kier alpha value is -1.10. The lowest BCUT2D eigenvalue weighted by Gasteiger charge is -2.23. The van der Waals surface area contributed by atoms with E-state index in [1.807, 2.05) is 0 Å². The maximum atomic E-state index is 12.1. The maximum absolute atomic E-state index is 12.1. The van der Waals surface area contributed by atoms with Crippen LogP contribution in [0.2, 0.25) is 0 Å². The molecule has 1 saturated heterocycles. The maximum Gasteiger partial charge on any atom is 0.220 e. The quantitative estimate of drug-likeness (QED) is 0.666. The summed E-state index contributed by atoms with van der Waals surface area (Å²) in [5, 5.41) is 5.96. The molecule has 1 saturated carbocycles. The summed E-state index contributed by atoms with van der Waals surface area (Å²) in [5.41, 5.74) is 0. The molecule has 0 aromatic carbocycles. The third-order valence-corrected chi connectivity index (χ3v) is 4.81. The lowest BCUT2D eigenvalue weighted by atomic mass is 9.91. The number of nitrogens with zero attached hydrogens (tertiary/aromatic N) is 1. The Bertz CT molecular complexity index is 393. The van der Waals surface area contributed by atoms with Crippen molar-refractivity contribution in [2.24, 2.45) is 17.8 Å². The first-order chi connectivity index (χ1) is 10.5. The van der Waals surface area contributed by atoms with Crippen LogP contribution in [-0.2, 0) is 9.59 Å². The molecule has 0 unspecified atom stereocenters. The van der Waals surface area contributed by atoms with Crippen LogP contribution >= 0.6 is 0 Å². The monoisotopic (exact) mass is 309 g/mol. The van der Waals surface area contributed by atoms with Gasteiger partial charge in [-0.25, -0.2) is 0 Å². The highest BCUT2D eigenvalue weighted by Gasteiger charge is 2.37. The van der Waals surface area contributed by atoms with Crippen molar-refractivity contribution in [1.29, 1.82) is 0 Å². The van der Waals surface area contributed by atoms with E-state index in [0.29, 0.717) is 31.2 Å². The van der Waals surface area contributed by atoms with Crippen LogP contribution < -0.4 is 10.6 Å². The fourth-order valence-corrected chi connectivity index (χ4v) is 3.35. The predicted octanol–water partition coefficient (Wildman–Crippen LogP) is 1.39. The van der Waals surface area contributed by atoms with Gasteiger partial charge in [0.1, 0.15) is 0 Å². The zero-order valence-electron chi connectivity index (χ0n) is 14.2.